The van der Waals surface area contributed by atoms with Gasteiger partial charge in [0.05, 0.1) is 5.56 Å². The Bertz CT molecular complexity index is 795. The minimum Gasteiger partial charge on any atom is -0.326 e. The first kappa shape index (κ1) is 17.5. The number of halogens is 3. The Kier molecular flexibility index (Phi) is 5.18. The van der Waals surface area contributed by atoms with E-state index in [-0.39, 0.29) is 17.3 Å². The lowest BCUT2D eigenvalue weighted by Gasteiger charge is -2.06. The normalized spacial score (nSPS) is 11.5. The van der Waals surface area contributed by atoms with Crippen LogP contribution in [-0.4, -0.2) is 11.7 Å². The second kappa shape index (κ2) is 7.12. The van der Waals surface area contributed by atoms with Gasteiger partial charge < -0.3 is 5.32 Å². The highest BCUT2D eigenvalue weighted by Crippen LogP contribution is 2.29. The van der Waals surface area contributed by atoms with Crippen LogP contribution in [0.5, 0.6) is 0 Å². The molecular formula is C18H14F3NO2. The van der Waals surface area contributed by atoms with Crippen LogP contribution in [0.3, 0.4) is 0 Å². The van der Waals surface area contributed by atoms with Gasteiger partial charge in [-0.05, 0) is 35.9 Å². The van der Waals surface area contributed by atoms with Gasteiger partial charge in [-0.3, -0.25) is 9.59 Å². The largest absolute Gasteiger partial charge is 0.416 e. The predicted octanol–water partition coefficient (Wildman–Crippen LogP) is 4.56. The maximum absolute atomic E-state index is 12.7. The lowest BCUT2D eigenvalue weighted by atomic mass is 10.1. The van der Waals surface area contributed by atoms with Crippen LogP contribution < -0.4 is 5.32 Å². The molecule has 0 aromatic heterocycles. The van der Waals surface area contributed by atoms with Crippen LogP contribution >= 0.6 is 0 Å². The first-order valence-electron chi connectivity index (χ1n) is 7.03. The van der Waals surface area contributed by atoms with E-state index in [0.717, 1.165) is 12.1 Å². The van der Waals surface area contributed by atoms with E-state index in [2.05, 4.69) is 5.32 Å². The molecule has 0 unspecified atom stereocenters. The van der Waals surface area contributed by atoms with E-state index in [1.54, 1.807) is 18.2 Å². The summed E-state index contributed by atoms with van der Waals surface area (Å²) in [6, 6.07) is 11.0. The van der Waals surface area contributed by atoms with Gasteiger partial charge in [0.2, 0.25) is 5.91 Å². The van der Waals surface area contributed by atoms with E-state index in [0.29, 0.717) is 11.3 Å². The van der Waals surface area contributed by atoms with Crippen molar-refractivity contribution in [1.29, 1.82) is 0 Å². The van der Waals surface area contributed by atoms with Gasteiger partial charge in [0.25, 0.3) is 0 Å². The summed E-state index contributed by atoms with van der Waals surface area (Å²) in [5.41, 5.74) is 0.297. The zero-order chi connectivity index (χ0) is 17.7. The zero-order valence-corrected chi connectivity index (χ0v) is 12.7. The van der Waals surface area contributed by atoms with Gasteiger partial charge in [0.1, 0.15) is 0 Å². The summed E-state index contributed by atoms with van der Waals surface area (Å²) in [4.78, 5) is 23.1. The summed E-state index contributed by atoms with van der Waals surface area (Å²) in [5.74, 6) is -0.640. The fraction of sp³-hybridized carbons (Fsp3) is 0.111. The van der Waals surface area contributed by atoms with Crippen LogP contribution in [-0.2, 0) is 11.0 Å². The number of alkyl halides is 3. The van der Waals surface area contributed by atoms with Crippen molar-refractivity contribution in [2.24, 2.45) is 0 Å². The third-order valence-electron chi connectivity index (χ3n) is 3.11. The molecule has 0 saturated heterocycles. The Morgan fingerprint density at radius 2 is 1.75 bits per heavy atom. The number of allylic oxidation sites excluding steroid dienone is 1. The first-order chi connectivity index (χ1) is 11.3. The molecule has 0 heterocycles. The number of nitrogens with one attached hydrogen (secondary N) is 1. The van der Waals surface area contributed by atoms with E-state index < -0.39 is 11.7 Å². The maximum Gasteiger partial charge on any atom is 0.416 e. The predicted molar refractivity (Wildman–Crippen MR) is 85.6 cm³/mol. The van der Waals surface area contributed by atoms with Crippen LogP contribution in [0.1, 0.15) is 28.4 Å². The molecule has 0 aliphatic rings. The molecule has 0 saturated carbocycles. The van der Waals surface area contributed by atoms with Gasteiger partial charge in [0.15, 0.2) is 5.78 Å². The van der Waals surface area contributed by atoms with Gasteiger partial charge >= 0.3 is 6.18 Å². The lowest BCUT2D eigenvalue weighted by molar-refractivity contribution is -0.137. The van der Waals surface area contributed by atoms with Gasteiger partial charge in [-0.15, -0.1) is 0 Å². The van der Waals surface area contributed by atoms with Crippen molar-refractivity contribution in [2.75, 3.05) is 5.32 Å². The second-order valence-electron chi connectivity index (χ2n) is 5.08. The topological polar surface area (TPSA) is 46.2 Å². The van der Waals surface area contributed by atoms with E-state index in [1.807, 2.05) is 0 Å². The van der Waals surface area contributed by atoms with Crippen molar-refractivity contribution in [1.82, 2.24) is 0 Å². The molecule has 0 radical (unpaired) electrons. The maximum atomic E-state index is 12.7. The van der Waals surface area contributed by atoms with E-state index in [9.17, 15) is 22.8 Å². The molecule has 1 amide bonds. The molecule has 24 heavy (non-hydrogen) atoms. The van der Waals surface area contributed by atoms with Crippen molar-refractivity contribution in [3.63, 3.8) is 0 Å². The number of ketones is 1. The second-order valence-corrected chi connectivity index (χ2v) is 5.08. The average molecular weight is 333 g/mol. The monoisotopic (exact) mass is 333 g/mol. The fourth-order valence-electron chi connectivity index (χ4n) is 2.04. The molecule has 3 nitrogen and oxygen atoms in total. The fourth-order valence-corrected chi connectivity index (χ4v) is 2.04. The van der Waals surface area contributed by atoms with Gasteiger partial charge in [-0.25, -0.2) is 0 Å². The Balaban J connectivity index is 2.17. The molecule has 0 aliphatic carbocycles. The number of rotatable bonds is 4. The highest BCUT2D eigenvalue weighted by molar-refractivity contribution is 6.07. The minimum atomic E-state index is -4.43. The number of carbonyl (C=O) groups excluding carboxylic acids is 2. The van der Waals surface area contributed by atoms with Gasteiger partial charge in [-0.1, -0.05) is 30.3 Å². The molecule has 6 heteroatoms. The van der Waals surface area contributed by atoms with Crippen molar-refractivity contribution >= 4 is 23.5 Å². The number of hydrogen-bond acceptors (Lipinski definition) is 2. The molecule has 0 bridgehead atoms. The summed E-state index contributed by atoms with van der Waals surface area (Å²) in [6.07, 6.45) is -1.91. The summed E-state index contributed by atoms with van der Waals surface area (Å²) in [6.45, 7) is 1.35. The van der Waals surface area contributed by atoms with E-state index >= 15 is 0 Å². The minimum absolute atomic E-state index is 0.265. The smallest absolute Gasteiger partial charge is 0.326 e. The number of anilines is 1. The third kappa shape index (κ3) is 4.81. The Hall–Kier alpha value is -2.89. The van der Waals surface area contributed by atoms with Crippen LogP contribution in [0.25, 0.3) is 6.08 Å². The summed E-state index contributed by atoms with van der Waals surface area (Å²) < 4.78 is 38.0. The standard InChI is InChI=1S/C18H14F3NO2/c1-12(23)22-16-7-3-5-14(11-16)17(24)9-8-13-4-2-6-15(10-13)18(19,20)21/h2-11H,1H3,(H,22,23)/b9-8+. The highest BCUT2D eigenvalue weighted by atomic mass is 19.4. The Morgan fingerprint density at radius 3 is 2.42 bits per heavy atom. The molecule has 124 valence electrons. The quantitative estimate of drug-likeness (QED) is 0.658. The number of carbonyl (C=O) groups is 2. The SMILES string of the molecule is CC(=O)Nc1cccc(C(=O)/C=C/c2cccc(C(F)(F)F)c2)c1. The van der Waals surface area contributed by atoms with Crippen LogP contribution in [0.15, 0.2) is 54.6 Å². The van der Waals surface area contributed by atoms with Crippen molar-refractivity contribution < 1.29 is 22.8 Å². The molecule has 0 fully saturated rings. The van der Waals surface area contributed by atoms with Gasteiger partial charge in [-0.2, -0.15) is 13.2 Å². The number of benzene rings is 2. The number of hydrogen-bond donors (Lipinski definition) is 1. The van der Waals surface area contributed by atoms with Crippen LogP contribution in [0.2, 0.25) is 0 Å². The highest BCUT2D eigenvalue weighted by Gasteiger charge is 2.30. The van der Waals surface area contributed by atoms with Crippen molar-refractivity contribution in [3.8, 4) is 0 Å². The van der Waals surface area contributed by atoms with Crippen LogP contribution in [0.4, 0.5) is 18.9 Å². The Labute approximate surface area is 136 Å². The van der Waals surface area contributed by atoms with Gasteiger partial charge in [0, 0.05) is 18.2 Å². The first-order valence-corrected chi connectivity index (χ1v) is 7.03. The van der Waals surface area contributed by atoms with Crippen molar-refractivity contribution in [3.05, 3.63) is 71.3 Å². The third-order valence-corrected chi connectivity index (χ3v) is 3.11. The molecule has 0 spiro atoms. The molecule has 2 rings (SSSR count). The molecule has 2 aromatic rings. The van der Waals surface area contributed by atoms with Crippen LogP contribution in [0, 0.1) is 0 Å². The summed E-state index contributed by atoms with van der Waals surface area (Å²) in [5, 5.41) is 2.56. The van der Waals surface area contributed by atoms with Crippen molar-refractivity contribution in [2.45, 2.75) is 13.1 Å². The van der Waals surface area contributed by atoms with E-state index in [4.69, 9.17) is 0 Å². The Morgan fingerprint density at radius 1 is 1.04 bits per heavy atom. The number of amides is 1. The van der Waals surface area contributed by atoms with E-state index in [1.165, 1.54) is 37.3 Å². The lowest BCUT2D eigenvalue weighted by Crippen LogP contribution is -2.06. The molecular weight excluding hydrogens is 319 g/mol. The zero-order valence-electron chi connectivity index (χ0n) is 12.7. The molecule has 0 aliphatic heterocycles. The summed E-state index contributed by atoms with van der Waals surface area (Å²) in [7, 11) is 0. The molecule has 0 atom stereocenters. The molecule has 2 aromatic carbocycles. The summed E-state index contributed by atoms with van der Waals surface area (Å²) >= 11 is 0. The molecule has 1 N–H and O–H groups in total. The average Bonchev–Trinajstić information content (AvgIpc) is 2.51.